The van der Waals surface area contributed by atoms with Gasteiger partial charge in [0.05, 0.1) is 21.1 Å². The van der Waals surface area contributed by atoms with E-state index in [-0.39, 0.29) is 26.9 Å². The fourth-order valence-electron chi connectivity index (χ4n) is 1.58. The average Bonchev–Trinajstić information content (AvgIpc) is 2.32. The van der Waals surface area contributed by atoms with Crippen molar-refractivity contribution >= 4 is 34.0 Å². The van der Waals surface area contributed by atoms with Gasteiger partial charge in [0.1, 0.15) is 11.5 Å². The van der Waals surface area contributed by atoms with Crippen LogP contribution in [0.25, 0.3) is 0 Å². The zero-order valence-electron chi connectivity index (χ0n) is 10.9. The molecule has 0 saturated carbocycles. The Morgan fingerprint density at radius 2 is 2.16 bits per heavy atom. The fourth-order valence-corrected chi connectivity index (χ4v) is 2.03. The minimum atomic E-state index is -0.520. The number of nitro groups is 1. The first kappa shape index (κ1) is 16.1. The van der Waals surface area contributed by atoms with Gasteiger partial charge in [-0.2, -0.15) is 0 Å². The molecule has 0 fully saturated rings. The zero-order valence-corrected chi connectivity index (χ0v) is 13.1. The number of hydrogen-bond acceptors (Lipinski definition) is 4. The van der Waals surface area contributed by atoms with Gasteiger partial charge in [-0.05, 0) is 28.5 Å². The summed E-state index contributed by atoms with van der Waals surface area (Å²) in [6.07, 6.45) is 0. The number of rotatable bonds is 6. The molecule has 1 atom stereocenters. The first-order valence-corrected chi connectivity index (χ1v) is 6.83. The summed E-state index contributed by atoms with van der Waals surface area (Å²) >= 11 is 1.73. The molecule has 19 heavy (non-hydrogen) atoms. The van der Waals surface area contributed by atoms with E-state index in [0.29, 0.717) is 6.61 Å². The molecule has 0 aliphatic rings. The predicted molar refractivity (Wildman–Crippen MR) is 79.9 cm³/mol. The second-order valence-electron chi connectivity index (χ2n) is 4.49. The highest BCUT2D eigenvalue weighted by molar-refractivity contribution is 14.1. The van der Waals surface area contributed by atoms with Crippen LogP contribution in [-0.4, -0.2) is 24.7 Å². The Bertz CT molecular complexity index is 469. The second kappa shape index (κ2) is 6.99. The van der Waals surface area contributed by atoms with E-state index in [2.05, 4.69) is 5.32 Å². The third-order valence-electron chi connectivity index (χ3n) is 2.73. The summed E-state index contributed by atoms with van der Waals surface area (Å²) in [6, 6.07) is 2.26. The molecule has 0 heterocycles. The van der Waals surface area contributed by atoms with Crippen molar-refractivity contribution in [1.82, 2.24) is 0 Å². The van der Waals surface area contributed by atoms with Crippen LogP contribution in [-0.2, 0) is 4.74 Å². The summed E-state index contributed by atoms with van der Waals surface area (Å²) in [7, 11) is 1.56. The van der Waals surface area contributed by atoms with E-state index in [1.807, 2.05) is 13.8 Å². The molecule has 1 aromatic carbocycles. The molecular weight excluding hydrogens is 366 g/mol. The molecule has 0 aromatic heterocycles. The molecular formula is C12H16FIN2O3. The zero-order chi connectivity index (χ0) is 14.6. The number of halogens is 2. The van der Waals surface area contributed by atoms with E-state index in [0.717, 1.165) is 6.07 Å². The SMILES string of the molecule is COCC(Nc1cc(F)c(I)cc1[N+](=O)[O-])C(C)C. The molecule has 1 aromatic rings. The standard InChI is InChI=1S/C12H16FIN2O3/c1-7(2)11(6-19-3)15-10-4-8(13)9(14)5-12(10)16(17)18/h4-5,7,11,15H,6H2,1-3H3. The number of methoxy groups -OCH3 is 1. The van der Waals surface area contributed by atoms with Crippen LogP contribution in [0, 0.1) is 25.4 Å². The van der Waals surface area contributed by atoms with Gasteiger partial charge < -0.3 is 10.1 Å². The minimum absolute atomic E-state index is 0.122. The first-order valence-electron chi connectivity index (χ1n) is 5.75. The number of hydrogen-bond donors (Lipinski definition) is 1. The Morgan fingerprint density at radius 3 is 2.63 bits per heavy atom. The fraction of sp³-hybridized carbons (Fsp3) is 0.500. The lowest BCUT2D eigenvalue weighted by Crippen LogP contribution is -2.30. The minimum Gasteiger partial charge on any atom is -0.383 e. The molecule has 0 saturated heterocycles. The van der Waals surface area contributed by atoms with Crippen LogP contribution in [0.2, 0.25) is 0 Å². The van der Waals surface area contributed by atoms with E-state index in [4.69, 9.17) is 4.74 Å². The van der Waals surface area contributed by atoms with Crippen molar-refractivity contribution in [2.24, 2.45) is 5.92 Å². The summed E-state index contributed by atoms with van der Waals surface area (Å²) in [4.78, 5) is 10.5. The average molecular weight is 382 g/mol. The Morgan fingerprint density at radius 1 is 1.53 bits per heavy atom. The Kier molecular flexibility index (Phi) is 5.92. The monoisotopic (exact) mass is 382 g/mol. The van der Waals surface area contributed by atoms with Gasteiger partial charge in [-0.3, -0.25) is 10.1 Å². The van der Waals surface area contributed by atoms with Gasteiger partial charge in [0.2, 0.25) is 0 Å². The first-order chi connectivity index (χ1) is 8.86. The van der Waals surface area contributed by atoms with Crippen LogP contribution in [0.15, 0.2) is 12.1 Å². The van der Waals surface area contributed by atoms with Crippen molar-refractivity contribution in [1.29, 1.82) is 0 Å². The van der Waals surface area contributed by atoms with Gasteiger partial charge in [-0.15, -0.1) is 0 Å². The number of nitrogens with zero attached hydrogens (tertiary/aromatic N) is 1. The third-order valence-corrected chi connectivity index (χ3v) is 3.55. The van der Waals surface area contributed by atoms with E-state index >= 15 is 0 Å². The number of nitro benzene ring substituents is 1. The molecule has 7 heteroatoms. The molecule has 1 unspecified atom stereocenters. The third kappa shape index (κ3) is 4.27. The van der Waals surface area contributed by atoms with Gasteiger partial charge in [-0.1, -0.05) is 13.8 Å². The normalized spacial score (nSPS) is 12.5. The molecule has 1 N–H and O–H groups in total. The molecule has 5 nitrogen and oxygen atoms in total. The van der Waals surface area contributed by atoms with E-state index in [1.54, 1.807) is 29.7 Å². The van der Waals surface area contributed by atoms with Crippen molar-refractivity contribution in [3.63, 3.8) is 0 Å². The summed E-state index contributed by atoms with van der Waals surface area (Å²) < 4.78 is 18.8. The maximum Gasteiger partial charge on any atom is 0.293 e. The largest absolute Gasteiger partial charge is 0.383 e. The highest BCUT2D eigenvalue weighted by Crippen LogP contribution is 2.29. The van der Waals surface area contributed by atoms with E-state index in [1.165, 1.54) is 6.07 Å². The molecule has 0 amide bonds. The van der Waals surface area contributed by atoms with Crippen molar-refractivity contribution in [3.8, 4) is 0 Å². The summed E-state index contributed by atoms with van der Waals surface area (Å²) in [5, 5.41) is 14.0. The van der Waals surface area contributed by atoms with Crippen LogP contribution in [0.5, 0.6) is 0 Å². The number of ether oxygens (including phenoxy) is 1. The number of nitrogens with one attached hydrogen (secondary N) is 1. The quantitative estimate of drug-likeness (QED) is 0.465. The van der Waals surface area contributed by atoms with Crippen molar-refractivity contribution in [2.75, 3.05) is 19.0 Å². The molecule has 1 rings (SSSR count). The van der Waals surface area contributed by atoms with Gasteiger partial charge in [0.15, 0.2) is 0 Å². The van der Waals surface area contributed by atoms with Crippen LogP contribution >= 0.6 is 22.6 Å². The van der Waals surface area contributed by atoms with Crippen LogP contribution in [0.3, 0.4) is 0 Å². The number of anilines is 1. The lowest BCUT2D eigenvalue weighted by Gasteiger charge is -2.22. The molecule has 0 spiro atoms. The molecule has 0 bridgehead atoms. The lowest BCUT2D eigenvalue weighted by molar-refractivity contribution is -0.384. The smallest absolute Gasteiger partial charge is 0.293 e. The second-order valence-corrected chi connectivity index (χ2v) is 5.65. The molecule has 106 valence electrons. The predicted octanol–water partition coefficient (Wildman–Crippen LogP) is 3.42. The van der Waals surface area contributed by atoms with E-state index in [9.17, 15) is 14.5 Å². The number of benzene rings is 1. The highest BCUT2D eigenvalue weighted by atomic mass is 127. The highest BCUT2D eigenvalue weighted by Gasteiger charge is 2.21. The maximum absolute atomic E-state index is 13.6. The lowest BCUT2D eigenvalue weighted by atomic mass is 10.0. The van der Waals surface area contributed by atoms with Gasteiger partial charge in [-0.25, -0.2) is 4.39 Å². The van der Waals surface area contributed by atoms with E-state index < -0.39 is 10.7 Å². The van der Waals surface area contributed by atoms with Gasteiger partial charge in [0, 0.05) is 19.2 Å². The van der Waals surface area contributed by atoms with Crippen molar-refractivity contribution in [3.05, 3.63) is 31.6 Å². The Hall–Kier alpha value is -0.960. The Balaban J connectivity index is 3.10. The van der Waals surface area contributed by atoms with Crippen LogP contribution < -0.4 is 5.32 Å². The van der Waals surface area contributed by atoms with Crippen molar-refractivity contribution < 1.29 is 14.1 Å². The van der Waals surface area contributed by atoms with Gasteiger partial charge >= 0.3 is 0 Å². The maximum atomic E-state index is 13.6. The summed E-state index contributed by atoms with van der Waals surface area (Å²) in [5.41, 5.74) is 0.0474. The molecule has 0 radical (unpaired) electrons. The van der Waals surface area contributed by atoms with Gasteiger partial charge in [0.25, 0.3) is 5.69 Å². The molecule has 0 aliphatic carbocycles. The van der Waals surface area contributed by atoms with Crippen LogP contribution in [0.1, 0.15) is 13.8 Å². The summed E-state index contributed by atoms with van der Waals surface area (Å²) in [5.74, 6) is -0.282. The van der Waals surface area contributed by atoms with Crippen molar-refractivity contribution in [2.45, 2.75) is 19.9 Å². The Labute approximate surface area is 124 Å². The van der Waals surface area contributed by atoms with Crippen LogP contribution in [0.4, 0.5) is 15.8 Å². The topological polar surface area (TPSA) is 64.4 Å². The summed E-state index contributed by atoms with van der Waals surface area (Å²) in [6.45, 7) is 4.32. The molecule has 0 aliphatic heterocycles.